The third-order valence-corrected chi connectivity index (χ3v) is 4.30. The highest BCUT2D eigenvalue weighted by Gasteiger charge is 2.16. The van der Waals surface area contributed by atoms with Crippen LogP contribution >= 0.6 is 11.3 Å². The first-order chi connectivity index (χ1) is 10.3. The van der Waals surface area contributed by atoms with Gasteiger partial charge in [-0.3, -0.25) is 4.79 Å². The molecule has 0 saturated carbocycles. The molecule has 0 amide bonds. The Morgan fingerprint density at radius 2 is 1.95 bits per heavy atom. The molecule has 0 saturated heterocycles. The van der Waals surface area contributed by atoms with Crippen molar-refractivity contribution in [3.63, 3.8) is 0 Å². The number of hydrogen-bond acceptors (Lipinski definition) is 4. The molecule has 4 rings (SSSR count). The van der Waals surface area contributed by atoms with Crippen LogP contribution in [0.1, 0.15) is 15.5 Å². The van der Waals surface area contributed by atoms with Gasteiger partial charge >= 0.3 is 0 Å². The summed E-state index contributed by atoms with van der Waals surface area (Å²) >= 11 is 1.48. The largest absolute Gasteiger partial charge is 0.296 e. The summed E-state index contributed by atoms with van der Waals surface area (Å²) in [6.45, 7) is 1.91. The average Bonchev–Trinajstić information content (AvgIpc) is 3.02. The number of nitrogens with zero attached hydrogens (tertiary/aromatic N) is 3. The Morgan fingerprint density at radius 1 is 1.14 bits per heavy atom. The maximum atomic E-state index is 11.5. The van der Waals surface area contributed by atoms with Gasteiger partial charge in [-0.05, 0) is 23.8 Å². The Morgan fingerprint density at radius 3 is 2.76 bits per heavy atom. The molecule has 2 aromatic carbocycles. The summed E-state index contributed by atoms with van der Waals surface area (Å²) in [7, 11) is 0. The monoisotopic (exact) mass is 293 g/mol. The van der Waals surface area contributed by atoms with E-state index in [1.807, 2.05) is 31.2 Å². The molecule has 21 heavy (non-hydrogen) atoms. The van der Waals surface area contributed by atoms with E-state index < -0.39 is 0 Å². The van der Waals surface area contributed by atoms with Gasteiger partial charge in [0.25, 0.3) is 0 Å². The predicted molar refractivity (Wildman–Crippen MR) is 83.9 cm³/mol. The van der Waals surface area contributed by atoms with Crippen molar-refractivity contribution in [3.8, 4) is 11.3 Å². The van der Waals surface area contributed by atoms with Crippen LogP contribution in [-0.4, -0.2) is 20.9 Å². The minimum Gasteiger partial charge on any atom is -0.296 e. The van der Waals surface area contributed by atoms with Crippen LogP contribution in [0.25, 0.3) is 27.0 Å². The fraction of sp³-hybridized carbons (Fsp3) is 0.0625. The lowest BCUT2D eigenvalue weighted by atomic mass is 10.0. The first kappa shape index (κ1) is 12.2. The molecule has 0 spiro atoms. The molecule has 102 valence electrons. The molecule has 4 nitrogen and oxygen atoms in total. The van der Waals surface area contributed by atoms with E-state index in [1.165, 1.54) is 16.7 Å². The van der Waals surface area contributed by atoms with E-state index in [0.717, 1.165) is 27.2 Å². The smallest absolute Gasteiger partial charge is 0.213 e. The molecule has 2 heterocycles. The van der Waals surface area contributed by atoms with Gasteiger partial charge in [-0.2, -0.15) is 9.61 Å². The lowest BCUT2D eigenvalue weighted by molar-refractivity contribution is 0.111. The maximum absolute atomic E-state index is 11.5. The van der Waals surface area contributed by atoms with E-state index in [9.17, 15) is 4.79 Å². The van der Waals surface area contributed by atoms with Crippen molar-refractivity contribution in [2.75, 3.05) is 0 Å². The summed E-state index contributed by atoms with van der Waals surface area (Å²) in [4.78, 5) is 16.8. The molecule has 0 fully saturated rings. The van der Waals surface area contributed by atoms with Gasteiger partial charge in [-0.1, -0.05) is 47.7 Å². The molecule has 0 N–H and O–H groups in total. The third-order valence-electron chi connectivity index (χ3n) is 3.47. The zero-order chi connectivity index (χ0) is 14.4. The first-order valence-electron chi connectivity index (χ1n) is 6.57. The second-order valence-electron chi connectivity index (χ2n) is 4.84. The maximum Gasteiger partial charge on any atom is 0.213 e. The molecule has 0 aliphatic carbocycles. The van der Waals surface area contributed by atoms with E-state index in [0.29, 0.717) is 11.4 Å². The molecule has 0 aliphatic rings. The first-order valence-corrected chi connectivity index (χ1v) is 7.38. The van der Waals surface area contributed by atoms with Gasteiger partial charge in [-0.15, -0.1) is 0 Å². The number of benzene rings is 2. The summed E-state index contributed by atoms with van der Waals surface area (Å²) in [5, 5.41) is 7.53. The topological polar surface area (TPSA) is 47.3 Å². The number of rotatable bonds is 2. The van der Waals surface area contributed by atoms with Crippen molar-refractivity contribution >= 4 is 33.4 Å². The van der Waals surface area contributed by atoms with Crippen LogP contribution in [0.2, 0.25) is 0 Å². The number of aryl methyl sites for hydroxylation is 1. The Kier molecular flexibility index (Phi) is 2.62. The standard InChI is InChI=1S/C16H11N3OS/c1-10-18-19-14(9-20)15(17-16(19)21-10)13-7-6-11-4-2-3-5-12(11)8-13/h2-9H,1H3. The molecular weight excluding hydrogens is 282 g/mol. The number of imidazole rings is 1. The second kappa shape index (κ2) is 4.49. The van der Waals surface area contributed by atoms with Gasteiger partial charge in [0.05, 0.1) is 0 Å². The van der Waals surface area contributed by atoms with Crippen LogP contribution in [0.3, 0.4) is 0 Å². The average molecular weight is 293 g/mol. The van der Waals surface area contributed by atoms with Crippen molar-refractivity contribution in [3.05, 3.63) is 53.2 Å². The highest BCUT2D eigenvalue weighted by molar-refractivity contribution is 7.16. The van der Waals surface area contributed by atoms with Crippen LogP contribution in [0.15, 0.2) is 42.5 Å². The zero-order valence-electron chi connectivity index (χ0n) is 11.3. The number of aldehydes is 1. The summed E-state index contributed by atoms with van der Waals surface area (Å²) in [6.07, 6.45) is 0.823. The number of fused-ring (bicyclic) bond motifs is 2. The lowest BCUT2D eigenvalue weighted by Crippen LogP contribution is -1.94. The fourth-order valence-corrected chi connectivity index (χ4v) is 3.26. The van der Waals surface area contributed by atoms with Gasteiger partial charge in [0.2, 0.25) is 4.96 Å². The van der Waals surface area contributed by atoms with Gasteiger partial charge in [0.1, 0.15) is 16.4 Å². The minimum absolute atomic E-state index is 0.504. The van der Waals surface area contributed by atoms with Crippen LogP contribution in [0.5, 0.6) is 0 Å². The summed E-state index contributed by atoms with van der Waals surface area (Å²) < 4.78 is 1.62. The zero-order valence-corrected chi connectivity index (χ0v) is 12.1. The lowest BCUT2D eigenvalue weighted by Gasteiger charge is -2.02. The molecule has 0 aliphatic heterocycles. The highest BCUT2D eigenvalue weighted by atomic mass is 32.1. The Balaban J connectivity index is 1.98. The van der Waals surface area contributed by atoms with E-state index in [-0.39, 0.29) is 0 Å². The van der Waals surface area contributed by atoms with Crippen LogP contribution in [0.4, 0.5) is 0 Å². The number of hydrogen-bond donors (Lipinski definition) is 0. The van der Waals surface area contributed by atoms with Crippen molar-refractivity contribution in [1.29, 1.82) is 0 Å². The van der Waals surface area contributed by atoms with Crippen LogP contribution in [0, 0.1) is 6.92 Å². The highest BCUT2D eigenvalue weighted by Crippen LogP contribution is 2.28. The molecule has 5 heteroatoms. The number of aromatic nitrogens is 3. The Bertz CT molecular complexity index is 984. The van der Waals surface area contributed by atoms with Crippen molar-refractivity contribution in [2.24, 2.45) is 0 Å². The minimum atomic E-state index is 0.504. The van der Waals surface area contributed by atoms with Crippen LogP contribution in [-0.2, 0) is 0 Å². The molecule has 0 atom stereocenters. The van der Waals surface area contributed by atoms with Gasteiger partial charge in [-0.25, -0.2) is 4.98 Å². The van der Waals surface area contributed by atoms with E-state index in [2.05, 4.69) is 28.3 Å². The van der Waals surface area contributed by atoms with Gasteiger partial charge in [0, 0.05) is 5.56 Å². The normalized spacial score (nSPS) is 11.3. The van der Waals surface area contributed by atoms with E-state index >= 15 is 0 Å². The Labute approximate surface area is 124 Å². The number of carbonyl (C=O) groups is 1. The molecule has 2 aromatic heterocycles. The number of carbonyl (C=O) groups excluding carboxylic acids is 1. The fourth-order valence-electron chi connectivity index (χ4n) is 2.51. The van der Waals surface area contributed by atoms with Gasteiger partial charge in [0.15, 0.2) is 6.29 Å². The van der Waals surface area contributed by atoms with E-state index in [1.54, 1.807) is 4.52 Å². The summed E-state index contributed by atoms with van der Waals surface area (Å²) in [6, 6.07) is 14.2. The molecule has 4 aromatic rings. The summed E-state index contributed by atoms with van der Waals surface area (Å²) in [5.41, 5.74) is 2.13. The molecule has 0 bridgehead atoms. The molecule has 0 radical (unpaired) electrons. The van der Waals surface area contributed by atoms with Crippen molar-refractivity contribution in [2.45, 2.75) is 6.92 Å². The summed E-state index contributed by atoms with van der Waals surface area (Å²) in [5.74, 6) is 0. The molecular formula is C16H11N3OS. The van der Waals surface area contributed by atoms with Crippen LogP contribution < -0.4 is 0 Å². The second-order valence-corrected chi connectivity index (χ2v) is 6.00. The SMILES string of the molecule is Cc1nn2c(C=O)c(-c3ccc4ccccc4c3)nc2s1. The van der Waals surface area contributed by atoms with Gasteiger partial charge < -0.3 is 0 Å². The Hall–Kier alpha value is -2.53. The molecule has 0 unspecified atom stereocenters. The van der Waals surface area contributed by atoms with E-state index in [4.69, 9.17) is 0 Å². The van der Waals surface area contributed by atoms with Crippen molar-refractivity contribution < 1.29 is 4.79 Å². The predicted octanol–water partition coefficient (Wildman–Crippen LogP) is 3.73. The third kappa shape index (κ3) is 1.86. The van der Waals surface area contributed by atoms with Crippen molar-refractivity contribution in [1.82, 2.24) is 14.6 Å². The quantitative estimate of drug-likeness (QED) is 0.529.